The van der Waals surface area contributed by atoms with Gasteiger partial charge in [0.05, 0.1) is 27.3 Å². The number of carbonyl (C=O) groups excluding carboxylic acids is 1. The molecule has 2 aromatic carbocycles. The molecule has 136 valence electrons. The van der Waals surface area contributed by atoms with Gasteiger partial charge in [-0.25, -0.2) is 9.18 Å². The molecule has 0 fully saturated rings. The standard InChI is InChI=1S/C16H10ClF4N3O2/c17-10-3-1-8(16(19,20)21)5-11(10)22-14(25)7-24-13-4-2-9(18)6-12(13)23-15(24)26/h1-6H,7H2,(H,22,25)(H,23,26). The first-order valence-electron chi connectivity index (χ1n) is 7.20. The van der Waals surface area contributed by atoms with Crippen LogP contribution in [0, 0.1) is 5.82 Å². The van der Waals surface area contributed by atoms with Gasteiger partial charge >= 0.3 is 11.9 Å². The van der Waals surface area contributed by atoms with E-state index in [-0.39, 0.29) is 21.7 Å². The number of hydrogen-bond donors (Lipinski definition) is 2. The van der Waals surface area contributed by atoms with Gasteiger partial charge in [-0.05, 0) is 36.4 Å². The molecule has 3 rings (SSSR count). The molecule has 0 spiro atoms. The van der Waals surface area contributed by atoms with E-state index in [4.69, 9.17) is 11.6 Å². The Morgan fingerprint density at radius 1 is 1.19 bits per heavy atom. The minimum atomic E-state index is -4.60. The van der Waals surface area contributed by atoms with Crippen molar-refractivity contribution in [3.8, 4) is 0 Å². The summed E-state index contributed by atoms with van der Waals surface area (Å²) in [4.78, 5) is 26.5. The van der Waals surface area contributed by atoms with Crippen molar-refractivity contribution in [3.63, 3.8) is 0 Å². The highest BCUT2D eigenvalue weighted by Gasteiger charge is 2.31. The van der Waals surface area contributed by atoms with Gasteiger partial charge in [0.25, 0.3) is 0 Å². The molecule has 1 heterocycles. The van der Waals surface area contributed by atoms with E-state index in [0.29, 0.717) is 6.07 Å². The summed E-state index contributed by atoms with van der Waals surface area (Å²) in [6, 6.07) is 6.03. The van der Waals surface area contributed by atoms with E-state index in [2.05, 4.69) is 10.3 Å². The van der Waals surface area contributed by atoms with Gasteiger partial charge in [0.2, 0.25) is 5.91 Å². The smallest absolute Gasteiger partial charge is 0.323 e. The number of alkyl halides is 3. The molecule has 0 aliphatic heterocycles. The fourth-order valence-corrected chi connectivity index (χ4v) is 2.59. The van der Waals surface area contributed by atoms with Gasteiger partial charge in [-0.1, -0.05) is 11.6 Å². The molecular weight excluding hydrogens is 378 g/mol. The number of aromatic nitrogens is 2. The molecule has 0 unspecified atom stereocenters. The molecule has 0 radical (unpaired) electrons. The van der Waals surface area contributed by atoms with Crippen LogP contribution in [0.25, 0.3) is 11.0 Å². The van der Waals surface area contributed by atoms with Crippen LogP contribution in [-0.4, -0.2) is 15.5 Å². The zero-order valence-corrected chi connectivity index (χ0v) is 13.6. The van der Waals surface area contributed by atoms with Crippen molar-refractivity contribution >= 4 is 34.2 Å². The lowest BCUT2D eigenvalue weighted by molar-refractivity contribution is -0.137. The van der Waals surface area contributed by atoms with Crippen LogP contribution in [0.15, 0.2) is 41.2 Å². The Hall–Kier alpha value is -2.81. The van der Waals surface area contributed by atoms with Crippen molar-refractivity contribution in [3.05, 3.63) is 63.3 Å². The summed E-state index contributed by atoms with van der Waals surface area (Å²) in [6.07, 6.45) is -4.60. The van der Waals surface area contributed by atoms with E-state index in [9.17, 15) is 27.2 Å². The summed E-state index contributed by atoms with van der Waals surface area (Å²) in [6.45, 7) is -0.489. The number of fused-ring (bicyclic) bond motifs is 1. The molecule has 5 nitrogen and oxygen atoms in total. The Morgan fingerprint density at radius 3 is 2.62 bits per heavy atom. The molecule has 0 saturated carbocycles. The van der Waals surface area contributed by atoms with E-state index in [1.54, 1.807) is 0 Å². The fourth-order valence-electron chi connectivity index (χ4n) is 2.42. The van der Waals surface area contributed by atoms with Crippen LogP contribution in [0.1, 0.15) is 5.56 Å². The average Bonchev–Trinajstić information content (AvgIpc) is 2.83. The number of imidazole rings is 1. The van der Waals surface area contributed by atoms with Gasteiger partial charge in [0.15, 0.2) is 0 Å². The Bertz CT molecular complexity index is 1060. The van der Waals surface area contributed by atoms with Crippen LogP contribution in [0.5, 0.6) is 0 Å². The lowest BCUT2D eigenvalue weighted by Gasteiger charge is -2.12. The number of rotatable bonds is 3. The minimum Gasteiger partial charge on any atom is -0.323 e. The maximum atomic E-state index is 13.2. The number of halogens is 5. The first-order chi connectivity index (χ1) is 12.1. The molecule has 0 atom stereocenters. The second-order valence-corrected chi connectivity index (χ2v) is 5.83. The fraction of sp³-hybridized carbons (Fsp3) is 0.125. The van der Waals surface area contributed by atoms with Gasteiger partial charge in [-0.15, -0.1) is 0 Å². The minimum absolute atomic E-state index is 0.0836. The average molecular weight is 388 g/mol. The zero-order valence-electron chi connectivity index (χ0n) is 12.8. The van der Waals surface area contributed by atoms with Gasteiger partial charge in [-0.2, -0.15) is 13.2 Å². The van der Waals surface area contributed by atoms with Crippen LogP contribution in [0.4, 0.5) is 23.2 Å². The number of nitrogens with zero attached hydrogens (tertiary/aromatic N) is 1. The van der Waals surface area contributed by atoms with Crippen LogP contribution >= 0.6 is 11.6 Å². The van der Waals surface area contributed by atoms with E-state index in [1.807, 2.05) is 0 Å². The van der Waals surface area contributed by atoms with Crippen molar-refractivity contribution in [1.82, 2.24) is 9.55 Å². The Kier molecular flexibility index (Phi) is 4.49. The second-order valence-electron chi connectivity index (χ2n) is 5.42. The summed E-state index contributed by atoms with van der Waals surface area (Å²) < 4.78 is 52.5. The quantitative estimate of drug-likeness (QED) is 0.672. The van der Waals surface area contributed by atoms with Crippen molar-refractivity contribution in [2.75, 3.05) is 5.32 Å². The molecule has 0 saturated heterocycles. The monoisotopic (exact) mass is 387 g/mol. The molecular formula is C16H10ClF4N3O2. The van der Waals surface area contributed by atoms with Crippen molar-refractivity contribution in [2.24, 2.45) is 0 Å². The molecule has 0 aliphatic carbocycles. The van der Waals surface area contributed by atoms with Gasteiger partial charge < -0.3 is 10.3 Å². The van der Waals surface area contributed by atoms with Gasteiger partial charge in [0, 0.05) is 0 Å². The normalized spacial score (nSPS) is 11.7. The molecule has 3 aromatic rings. The van der Waals surface area contributed by atoms with Crippen LogP contribution < -0.4 is 11.0 Å². The second kappa shape index (κ2) is 6.49. The number of carbonyl (C=O) groups is 1. The van der Waals surface area contributed by atoms with E-state index < -0.39 is 35.7 Å². The van der Waals surface area contributed by atoms with E-state index in [1.165, 1.54) is 6.07 Å². The molecule has 10 heteroatoms. The highest BCUT2D eigenvalue weighted by molar-refractivity contribution is 6.33. The first kappa shape index (κ1) is 18.0. The number of hydrogen-bond acceptors (Lipinski definition) is 2. The number of nitrogens with one attached hydrogen (secondary N) is 2. The van der Waals surface area contributed by atoms with Gasteiger partial charge in [-0.3, -0.25) is 9.36 Å². The molecule has 0 aliphatic rings. The van der Waals surface area contributed by atoms with Crippen molar-refractivity contribution in [2.45, 2.75) is 12.7 Å². The molecule has 2 N–H and O–H groups in total. The van der Waals surface area contributed by atoms with Gasteiger partial charge in [0.1, 0.15) is 12.4 Å². The Morgan fingerprint density at radius 2 is 1.92 bits per heavy atom. The van der Waals surface area contributed by atoms with Crippen LogP contribution in [-0.2, 0) is 17.5 Å². The lowest BCUT2D eigenvalue weighted by Crippen LogP contribution is -2.26. The van der Waals surface area contributed by atoms with Crippen molar-refractivity contribution < 1.29 is 22.4 Å². The third kappa shape index (κ3) is 3.57. The van der Waals surface area contributed by atoms with Crippen LogP contribution in [0.2, 0.25) is 5.02 Å². The summed E-state index contributed by atoms with van der Waals surface area (Å²) >= 11 is 5.82. The van der Waals surface area contributed by atoms with E-state index >= 15 is 0 Å². The first-order valence-corrected chi connectivity index (χ1v) is 7.57. The Labute approximate surface area is 148 Å². The largest absolute Gasteiger partial charge is 0.416 e. The zero-order chi connectivity index (χ0) is 19.1. The number of aromatic amines is 1. The summed E-state index contributed by atoms with van der Waals surface area (Å²) in [5.41, 5.74) is -1.39. The Balaban J connectivity index is 1.86. The maximum Gasteiger partial charge on any atom is 0.416 e. The third-order valence-electron chi connectivity index (χ3n) is 3.61. The third-order valence-corrected chi connectivity index (χ3v) is 3.94. The van der Waals surface area contributed by atoms with Crippen molar-refractivity contribution in [1.29, 1.82) is 0 Å². The summed E-state index contributed by atoms with van der Waals surface area (Å²) in [7, 11) is 0. The number of anilines is 1. The lowest BCUT2D eigenvalue weighted by atomic mass is 10.2. The highest BCUT2D eigenvalue weighted by atomic mass is 35.5. The summed E-state index contributed by atoms with van der Waals surface area (Å²) in [5, 5.41) is 2.16. The predicted octanol–water partition coefficient (Wildman–Crippen LogP) is 3.78. The van der Waals surface area contributed by atoms with E-state index in [0.717, 1.165) is 28.8 Å². The molecule has 1 amide bonds. The highest BCUT2D eigenvalue weighted by Crippen LogP contribution is 2.33. The topological polar surface area (TPSA) is 66.9 Å². The number of amides is 1. The molecule has 0 bridgehead atoms. The molecule has 1 aromatic heterocycles. The number of H-pyrrole nitrogens is 1. The number of benzene rings is 2. The van der Waals surface area contributed by atoms with Crippen LogP contribution in [0.3, 0.4) is 0 Å². The molecule has 26 heavy (non-hydrogen) atoms. The predicted molar refractivity (Wildman–Crippen MR) is 87.6 cm³/mol. The SMILES string of the molecule is O=C(Cn1c(=O)[nH]c2cc(F)ccc21)Nc1cc(C(F)(F)F)ccc1Cl. The summed E-state index contributed by atoms with van der Waals surface area (Å²) in [5.74, 6) is -1.33. The maximum absolute atomic E-state index is 13.2.